The fourth-order valence-electron chi connectivity index (χ4n) is 5.38. The number of halogens is 1. The minimum absolute atomic E-state index is 0.00942. The van der Waals surface area contributed by atoms with E-state index in [9.17, 15) is 15.2 Å². The van der Waals surface area contributed by atoms with Crippen LogP contribution in [0.4, 0.5) is 4.39 Å². The number of benzene rings is 3. The number of fused-ring (bicyclic) bond motifs is 1. The summed E-state index contributed by atoms with van der Waals surface area (Å²) in [6, 6.07) is 17.7. The van der Waals surface area contributed by atoms with Gasteiger partial charge in [0.15, 0.2) is 23.1 Å². The maximum atomic E-state index is 15.4. The largest absolute Gasteiger partial charge is 0.488 e. The number of nitriles is 1. The maximum absolute atomic E-state index is 15.4. The van der Waals surface area contributed by atoms with Crippen LogP contribution in [-0.2, 0) is 24.6 Å². The molecule has 0 aliphatic carbocycles. The van der Waals surface area contributed by atoms with Gasteiger partial charge < -0.3 is 24.1 Å². The molecule has 6 rings (SSSR count). The summed E-state index contributed by atoms with van der Waals surface area (Å²) in [7, 11) is 0. The Morgan fingerprint density at radius 3 is 2.64 bits per heavy atom. The van der Waals surface area contributed by atoms with E-state index in [0.29, 0.717) is 54.4 Å². The minimum atomic E-state index is -0.910. The van der Waals surface area contributed by atoms with Crippen molar-refractivity contribution in [2.75, 3.05) is 19.8 Å². The van der Waals surface area contributed by atoms with Gasteiger partial charge in [-0.3, -0.25) is 14.7 Å². The van der Waals surface area contributed by atoms with E-state index >= 15 is 4.39 Å². The highest BCUT2D eigenvalue weighted by Crippen LogP contribution is 2.37. The summed E-state index contributed by atoms with van der Waals surface area (Å²) in [5, 5.41) is 18.7. The van der Waals surface area contributed by atoms with Crippen LogP contribution in [-0.4, -0.2) is 46.8 Å². The fraction of sp³-hybridized carbons (Fsp3) is 0.265. The lowest BCUT2D eigenvalue weighted by Crippen LogP contribution is -2.51. The number of carbonyl (C=O) groups is 1. The van der Waals surface area contributed by atoms with Crippen molar-refractivity contribution < 1.29 is 33.2 Å². The lowest BCUT2D eigenvalue weighted by atomic mass is 9.96. The summed E-state index contributed by atoms with van der Waals surface area (Å²) in [5.41, 5.74) is 5.41. The zero-order valence-corrected chi connectivity index (χ0v) is 24.1. The second kappa shape index (κ2) is 12.6. The molecule has 0 bridgehead atoms. The lowest BCUT2D eigenvalue weighted by molar-refractivity contribution is -0.148. The van der Waals surface area contributed by atoms with Gasteiger partial charge in [-0.2, -0.15) is 5.26 Å². The summed E-state index contributed by atoms with van der Waals surface area (Å²) >= 11 is 0. The summed E-state index contributed by atoms with van der Waals surface area (Å²) in [6.45, 7) is 4.00. The number of carboxylic acid groups (broad SMARTS) is 1. The van der Waals surface area contributed by atoms with Gasteiger partial charge in [0.1, 0.15) is 44.3 Å². The predicted octanol–water partition coefficient (Wildman–Crippen LogP) is 5.66. The Labute approximate surface area is 254 Å². The monoisotopic (exact) mass is 595 g/mol. The normalized spacial score (nSPS) is 15.6. The van der Waals surface area contributed by atoms with Crippen LogP contribution >= 0.6 is 0 Å². The van der Waals surface area contributed by atoms with Crippen molar-refractivity contribution in [3.63, 3.8) is 0 Å². The molecule has 1 N–H and O–H groups in total. The number of ether oxygens (including phenoxy) is 4. The molecular formula is C34H30FN3O6. The summed E-state index contributed by atoms with van der Waals surface area (Å²) in [5.74, 6) is 0.306. The molecule has 3 aromatic carbocycles. The summed E-state index contributed by atoms with van der Waals surface area (Å²) in [6.07, 6.45) is 3.58. The Kier molecular flexibility index (Phi) is 8.30. The van der Waals surface area contributed by atoms with E-state index in [-0.39, 0.29) is 25.5 Å². The van der Waals surface area contributed by atoms with Crippen LogP contribution < -0.4 is 18.9 Å². The standard InChI is InChI=1S/C34H30FN3O6/c1-21-25(3-2-4-27(21)24-5-6-30-33(13-24)42-10-9-41-30)20-44-32-14-31(43-19-23-11-22(15-36)16-37-17-23)26(12-28(32)35)18-38-8-7-29(38)34(39)40/h2-6,11-14,16-17,29H,7-10,18-20H2,1H3,(H,39,40)/t29-/m0/s1. The van der Waals surface area contributed by atoms with Crippen molar-refractivity contribution in [3.8, 4) is 40.2 Å². The molecule has 2 aliphatic rings. The van der Waals surface area contributed by atoms with Gasteiger partial charge in [-0.05, 0) is 59.9 Å². The molecule has 1 atom stereocenters. The third-order valence-corrected chi connectivity index (χ3v) is 7.90. The summed E-state index contributed by atoms with van der Waals surface area (Å²) < 4.78 is 38.9. The number of nitrogens with zero attached hydrogens (tertiary/aromatic N) is 3. The van der Waals surface area contributed by atoms with Gasteiger partial charge >= 0.3 is 5.97 Å². The van der Waals surface area contributed by atoms with E-state index in [1.807, 2.05) is 43.3 Å². The molecule has 1 fully saturated rings. The molecule has 44 heavy (non-hydrogen) atoms. The van der Waals surface area contributed by atoms with Crippen LogP contribution in [0.3, 0.4) is 0 Å². The predicted molar refractivity (Wildman–Crippen MR) is 158 cm³/mol. The molecule has 0 spiro atoms. The number of aliphatic carboxylic acids is 1. The van der Waals surface area contributed by atoms with Crippen molar-refractivity contribution in [3.05, 3.63) is 101 Å². The number of carboxylic acids is 1. The van der Waals surface area contributed by atoms with E-state index in [4.69, 9.17) is 18.9 Å². The van der Waals surface area contributed by atoms with Crippen molar-refractivity contribution in [2.24, 2.45) is 0 Å². The van der Waals surface area contributed by atoms with Crippen LogP contribution in [0.25, 0.3) is 11.1 Å². The molecule has 3 heterocycles. The second-order valence-corrected chi connectivity index (χ2v) is 10.7. The van der Waals surface area contributed by atoms with E-state index in [1.165, 1.54) is 18.3 Å². The first kappa shape index (κ1) is 29.0. The van der Waals surface area contributed by atoms with Crippen LogP contribution in [0.5, 0.6) is 23.0 Å². The minimum Gasteiger partial charge on any atom is -0.488 e. The highest BCUT2D eigenvalue weighted by molar-refractivity contribution is 5.74. The zero-order chi connectivity index (χ0) is 30.6. The van der Waals surface area contributed by atoms with Crippen LogP contribution in [0.2, 0.25) is 0 Å². The topological polar surface area (TPSA) is 114 Å². The Hall–Kier alpha value is -5.14. The van der Waals surface area contributed by atoms with Gasteiger partial charge in [0.25, 0.3) is 0 Å². The molecule has 0 saturated carbocycles. The number of pyridine rings is 1. The highest BCUT2D eigenvalue weighted by Gasteiger charge is 2.34. The molecule has 1 saturated heterocycles. The number of hydrogen-bond donors (Lipinski definition) is 1. The zero-order valence-electron chi connectivity index (χ0n) is 24.1. The van der Waals surface area contributed by atoms with E-state index in [0.717, 1.165) is 28.0 Å². The Morgan fingerprint density at radius 1 is 1.05 bits per heavy atom. The van der Waals surface area contributed by atoms with Gasteiger partial charge in [0.05, 0.1) is 5.56 Å². The lowest BCUT2D eigenvalue weighted by Gasteiger charge is -2.38. The molecule has 2 aliphatic heterocycles. The van der Waals surface area contributed by atoms with Gasteiger partial charge in [0, 0.05) is 42.7 Å². The Balaban J connectivity index is 1.24. The average Bonchev–Trinajstić information content (AvgIpc) is 3.02. The van der Waals surface area contributed by atoms with Gasteiger partial charge in [-0.25, -0.2) is 4.39 Å². The van der Waals surface area contributed by atoms with Gasteiger partial charge in [-0.15, -0.1) is 0 Å². The molecule has 10 heteroatoms. The molecule has 1 aromatic heterocycles. The van der Waals surface area contributed by atoms with Crippen LogP contribution in [0.1, 0.15) is 34.2 Å². The fourth-order valence-corrected chi connectivity index (χ4v) is 5.38. The molecule has 224 valence electrons. The highest BCUT2D eigenvalue weighted by atomic mass is 19.1. The molecular weight excluding hydrogens is 565 g/mol. The van der Waals surface area contributed by atoms with E-state index in [2.05, 4.69) is 11.1 Å². The third kappa shape index (κ3) is 6.14. The number of aromatic nitrogens is 1. The van der Waals surface area contributed by atoms with E-state index in [1.54, 1.807) is 17.2 Å². The average molecular weight is 596 g/mol. The Morgan fingerprint density at radius 2 is 1.86 bits per heavy atom. The molecule has 9 nitrogen and oxygen atoms in total. The number of likely N-dealkylation sites (tertiary alicyclic amines) is 1. The smallest absolute Gasteiger partial charge is 0.320 e. The van der Waals surface area contributed by atoms with Crippen molar-refractivity contribution in [1.82, 2.24) is 9.88 Å². The second-order valence-electron chi connectivity index (χ2n) is 10.7. The summed E-state index contributed by atoms with van der Waals surface area (Å²) in [4.78, 5) is 17.4. The molecule has 0 unspecified atom stereocenters. The van der Waals surface area contributed by atoms with Crippen LogP contribution in [0.15, 0.2) is 67.0 Å². The number of rotatable bonds is 10. The third-order valence-electron chi connectivity index (χ3n) is 7.90. The number of hydrogen-bond acceptors (Lipinski definition) is 8. The molecule has 0 radical (unpaired) electrons. The van der Waals surface area contributed by atoms with Crippen LogP contribution in [0, 0.1) is 24.1 Å². The first-order chi connectivity index (χ1) is 21.4. The van der Waals surface area contributed by atoms with Gasteiger partial charge in [0.2, 0.25) is 0 Å². The molecule has 4 aromatic rings. The first-order valence-electron chi connectivity index (χ1n) is 14.3. The SMILES string of the molecule is Cc1c(COc2cc(OCc3cncc(C#N)c3)c(CN3CC[C@H]3C(=O)O)cc2F)cccc1-c1ccc2c(c1)OCCO2. The van der Waals surface area contributed by atoms with Crippen molar-refractivity contribution in [2.45, 2.75) is 39.1 Å². The maximum Gasteiger partial charge on any atom is 0.320 e. The van der Waals surface area contributed by atoms with Crippen molar-refractivity contribution >= 4 is 5.97 Å². The molecule has 0 amide bonds. The Bertz CT molecular complexity index is 1750. The van der Waals surface area contributed by atoms with Gasteiger partial charge in [-0.1, -0.05) is 24.3 Å². The first-order valence-corrected chi connectivity index (χ1v) is 14.3. The quantitative estimate of drug-likeness (QED) is 0.248. The van der Waals surface area contributed by atoms with E-state index < -0.39 is 17.8 Å². The van der Waals surface area contributed by atoms with Crippen molar-refractivity contribution in [1.29, 1.82) is 5.26 Å².